The van der Waals surface area contributed by atoms with Crippen LogP contribution in [-0.4, -0.2) is 37.5 Å². The van der Waals surface area contributed by atoms with Gasteiger partial charge in [0, 0.05) is 9.82 Å². The first-order chi connectivity index (χ1) is 6.86. The van der Waals surface area contributed by atoms with Crippen LogP contribution in [0.1, 0.15) is 0 Å². The maximum Gasteiger partial charge on any atom is 0.0948 e. The Hall–Kier alpha value is -1.46. The molecule has 0 spiro atoms. The van der Waals surface area contributed by atoms with Crippen LogP contribution in [0.5, 0.6) is 0 Å². The van der Waals surface area contributed by atoms with Crippen LogP contribution >= 0.6 is 0 Å². The molecule has 2 rings (SSSR count). The van der Waals surface area contributed by atoms with Gasteiger partial charge in [0.15, 0.2) is 0 Å². The number of azide groups is 2. The topological polar surface area (TPSA) is 116 Å². The highest BCUT2D eigenvalue weighted by Gasteiger charge is 2.46. The summed E-state index contributed by atoms with van der Waals surface area (Å²) in [6, 6.07) is -0.604. The van der Waals surface area contributed by atoms with Crippen LogP contribution in [0.2, 0.25) is 0 Å². The number of ether oxygens (including phenoxy) is 2. The Morgan fingerprint density at radius 3 is 1.71 bits per heavy atom. The van der Waals surface area contributed by atoms with Crippen molar-refractivity contribution in [2.24, 2.45) is 10.2 Å². The van der Waals surface area contributed by atoms with Crippen LogP contribution in [0.25, 0.3) is 20.9 Å². The molecule has 0 aromatic heterocycles. The average Bonchev–Trinajstić information content (AvgIpc) is 2.72. The van der Waals surface area contributed by atoms with Crippen molar-refractivity contribution >= 4 is 0 Å². The zero-order valence-electron chi connectivity index (χ0n) is 7.22. The Labute approximate surface area is 79.0 Å². The van der Waals surface area contributed by atoms with Crippen molar-refractivity contribution in [2.45, 2.75) is 24.3 Å². The van der Waals surface area contributed by atoms with E-state index in [1.54, 1.807) is 0 Å². The van der Waals surface area contributed by atoms with Crippen molar-refractivity contribution in [2.75, 3.05) is 13.2 Å². The first-order valence-corrected chi connectivity index (χ1v) is 4.18. The smallest absolute Gasteiger partial charge is 0.0948 e. The summed E-state index contributed by atoms with van der Waals surface area (Å²) in [7, 11) is 0. The van der Waals surface area contributed by atoms with E-state index in [2.05, 4.69) is 20.1 Å². The van der Waals surface area contributed by atoms with E-state index >= 15 is 0 Å². The van der Waals surface area contributed by atoms with Gasteiger partial charge in [0.1, 0.15) is 0 Å². The van der Waals surface area contributed by atoms with E-state index in [0.717, 1.165) is 0 Å². The summed E-state index contributed by atoms with van der Waals surface area (Å²) >= 11 is 0. The lowest BCUT2D eigenvalue weighted by atomic mass is 10.1. The highest BCUT2D eigenvalue weighted by molar-refractivity contribution is 5.00. The molecule has 0 amide bonds. The van der Waals surface area contributed by atoms with Gasteiger partial charge in [0.2, 0.25) is 0 Å². The van der Waals surface area contributed by atoms with Gasteiger partial charge in [-0.3, -0.25) is 0 Å². The Kier molecular flexibility index (Phi) is 2.43. The molecule has 8 heteroatoms. The molecule has 0 unspecified atom stereocenters. The van der Waals surface area contributed by atoms with Crippen LogP contribution < -0.4 is 0 Å². The molecular formula is C6H8N6O2. The van der Waals surface area contributed by atoms with E-state index in [4.69, 9.17) is 20.5 Å². The summed E-state index contributed by atoms with van der Waals surface area (Å²) in [4.78, 5) is 5.42. The minimum atomic E-state index is -0.302. The van der Waals surface area contributed by atoms with Crippen LogP contribution in [0.15, 0.2) is 10.2 Å². The number of hydrogen-bond donors (Lipinski definition) is 0. The Bertz CT molecular complexity index is 288. The van der Waals surface area contributed by atoms with Gasteiger partial charge in [-0.25, -0.2) is 0 Å². The predicted octanol–water partition coefficient (Wildman–Crippen LogP) is 1.14. The normalized spacial score (nSPS) is 39.7. The predicted molar refractivity (Wildman–Crippen MR) is 45.3 cm³/mol. The summed E-state index contributed by atoms with van der Waals surface area (Å²) in [6.45, 7) is 0.660. The molecule has 2 aliphatic rings. The van der Waals surface area contributed by atoms with Crippen molar-refractivity contribution in [1.82, 2.24) is 0 Å². The maximum absolute atomic E-state index is 8.28. The number of fused-ring (bicyclic) bond motifs is 1. The van der Waals surface area contributed by atoms with Gasteiger partial charge in [-0.1, -0.05) is 10.2 Å². The molecule has 74 valence electrons. The Morgan fingerprint density at radius 2 is 1.36 bits per heavy atom. The molecule has 0 saturated carbocycles. The van der Waals surface area contributed by atoms with Gasteiger partial charge < -0.3 is 9.47 Å². The molecule has 0 N–H and O–H groups in total. The molecule has 2 fully saturated rings. The third kappa shape index (κ3) is 1.36. The van der Waals surface area contributed by atoms with Crippen molar-refractivity contribution in [3.63, 3.8) is 0 Å². The second kappa shape index (κ2) is 3.73. The van der Waals surface area contributed by atoms with Crippen molar-refractivity contribution in [3.8, 4) is 0 Å². The van der Waals surface area contributed by atoms with Gasteiger partial charge in [0.25, 0.3) is 0 Å². The van der Waals surface area contributed by atoms with Crippen molar-refractivity contribution < 1.29 is 9.47 Å². The van der Waals surface area contributed by atoms with Gasteiger partial charge in [-0.2, -0.15) is 0 Å². The fourth-order valence-corrected chi connectivity index (χ4v) is 1.79. The molecule has 0 aliphatic carbocycles. The van der Waals surface area contributed by atoms with Crippen LogP contribution in [-0.2, 0) is 9.47 Å². The van der Waals surface area contributed by atoms with E-state index in [9.17, 15) is 0 Å². The molecule has 0 bridgehead atoms. The first-order valence-electron chi connectivity index (χ1n) is 4.18. The number of hydrogen-bond acceptors (Lipinski definition) is 4. The van der Waals surface area contributed by atoms with E-state index in [1.165, 1.54) is 0 Å². The molecule has 14 heavy (non-hydrogen) atoms. The fraction of sp³-hybridized carbons (Fsp3) is 1.00. The lowest BCUT2D eigenvalue weighted by Crippen LogP contribution is -2.29. The highest BCUT2D eigenvalue weighted by atomic mass is 16.6. The number of rotatable bonds is 2. The fourth-order valence-electron chi connectivity index (χ4n) is 1.79. The molecule has 2 aliphatic heterocycles. The van der Waals surface area contributed by atoms with Gasteiger partial charge >= 0.3 is 0 Å². The van der Waals surface area contributed by atoms with E-state index in [1.807, 2.05) is 0 Å². The second-order valence-corrected chi connectivity index (χ2v) is 3.14. The van der Waals surface area contributed by atoms with Crippen LogP contribution in [0, 0.1) is 0 Å². The third-order valence-electron chi connectivity index (χ3n) is 2.40. The summed E-state index contributed by atoms with van der Waals surface area (Å²) in [6.07, 6.45) is -0.525. The van der Waals surface area contributed by atoms with E-state index in [0.29, 0.717) is 13.2 Å². The highest BCUT2D eigenvalue weighted by Crippen LogP contribution is 2.30. The van der Waals surface area contributed by atoms with Gasteiger partial charge in [0.05, 0.1) is 37.5 Å². The quantitative estimate of drug-likeness (QED) is 0.374. The van der Waals surface area contributed by atoms with Gasteiger partial charge in [-0.05, 0) is 11.1 Å². The molecule has 4 atom stereocenters. The molecule has 2 heterocycles. The van der Waals surface area contributed by atoms with Crippen molar-refractivity contribution in [1.29, 1.82) is 0 Å². The Balaban J connectivity index is 2.11. The Morgan fingerprint density at radius 1 is 0.929 bits per heavy atom. The summed E-state index contributed by atoms with van der Waals surface area (Å²) < 4.78 is 10.7. The zero-order valence-corrected chi connectivity index (χ0v) is 7.22. The van der Waals surface area contributed by atoms with Crippen LogP contribution in [0.3, 0.4) is 0 Å². The largest absolute Gasteiger partial charge is 0.374 e. The molecule has 0 radical (unpaired) electrons. The second-order valence-electron chi connectivity index (χ2n) is 3.14. The molecule has 0 aromatic rings. The number of nitrogens with zero attached hydrogens (tertiary/aromatic N) is 6. The van der Waals surface area contributed by atoms with E-state index < -0.39 is 0 Å². The minimum absolute atomic E-state index is 0.263. The molecule has 8 nitrogen and oxygen atoms in total. The summed E-state index contributed by atoms with van der Waals surface area (Å²) in [5, 5.41) is 7.11. The SMILES string of the molecule is [N-]=[N+]=N[C@H]1CO[C@H]2[C@H]1OC[C@@H]2N=[N+]=[N-]. The van der Waals surface area contributed by atoms with Crippen molar-refractivity contribution in [3.05, 3.63) is 20.9 Å². The van der Waals surface area contributed by atoms with Crippen LogP contribution in [0.4, 0.5) is 0 Å². The molecule has 2 saturated heterocycles. The third-order valence-corrected chi connectivity index (χ3v) is 2.40. The average molecular weight is 196 g/mol. The monoisotopic (exact) mass is 196 g/mol. The lowest BCUT2D eigenvalue weighted by Gasteiger charge is -2.10. The zero-order chi connectivity index (χ0) is 9.97. The standard InChI is InChI=1S/C6H8N6O2/c7-11-9-3-1-13-6-4(10-12-8)2-14-5(3)6/h3-6H,1-2H2/t3-,4-,5-,6+/m0/s1. The maximum atomic E-state index is 8.28. The van der Waals surface area contributed by atoms with Gasteiger partial charge in [-0.15, -0.1) is 0 Å². The molecule has 0 aromatic carbocycles. The van der Waals surface area contributed by atoms with E-state index in [-0.39, 0.29) is 24.3 Å². The lowest BCUT2D eigenvalue weighted by molar-refractivity contribution is 0.0692. The molecular weight excluding hydrogens is 188 g/mol. The minimum Gasteiger partial charge on any atom is -0.374 e. The summed E-state index contributed by atoms with van der Waals surface area (Å²) in [5.74, 6) is 0. The first kappa shape index (κ1) is 9.11. The summed E-state index contributed by atoms with van der Waals surface area (Å²) in [5.41, 5.74) is 16.6.